The zero-order valence-corrected chi connectivity index (χ0v) is 15.9. The van der Waals surface area contributed by atoms with Gasteiger partial charge in [0.05, 0.1) is 16.9 Å². The van der Waals surface area contributed by atoms with E-state index in [2.05, 4.69) is 15.0 Å². The molecule has 3 aromatic rings. The third-order valence-electron chi connectivity index (χ3n) is 4.01. The lowest BCUT2D eigenvalue weighted by atomic mass is 10.1. The first kappa shape index (κ1) is 18.2. The zero-order valence-electron chi connectivity index (χ0n) is 14.3. The van der Waals surface area contributed by atoms with Crippen LogP contribution in [-0.2, 0) is 10.0 Å². The summed E-state index contributed by atoms with van der Waals surface area (Å²) >= 11 is 5.97. The molecule has 3 rings (SSSR count). The van der Waals surface area contributed by atoms with Crippen LogP contribution in [0, 0.1) is 13.8 Å². The number of nitrogens with one attached hydrogen (secondary N) is 2. The van der Waals surface area contributed by atoms with Gasteiger partial charge in [0.2, 0.25) is 0 Å². The van der Waals surface area contributed by atoms with Crippen molar-refractivity contribution in [3.8, 4) is 0 Å². The normalized spacial score (nSPS) is 11.2. The van der Waals surface area contributed by atoms with E-state index in [1.807, 2.05) is 32.0 Å². The Morgan fingerprint density at radius 2 is 1.73 bits per heavy atom. The maximum absolute atomic E-state index is 12.4. The SMILES string of the molecule is Cc1cccc(Nc2ccc(NS(=O)(=O)c3ccccc3Cl)cn2)c1C. The minimum Gasteiger partial charge on any atom is -0.340 e. The third-order valence-corrected chi connectivity index (χ3v) is 5.89. The number of halogens is 1. The van der Waals surface area contributed by atoms with Gasteiger partial charge in [-0.1, -0.05) is 35.9 Å². The Kier molecular flexibility index (Phi) is 5.15. The molecule has 7 heteroatoms. The van der Waals surface area contributed by atoms with E-state index >= 15 is 0 Å². The molecule has 0 atom stereocenters. The van der Waals surface area contributed by atoms with Crippen LogP contribution >= 0.6 is 11.6 Å². The van der Waals surface area contributed by atoms with Gasteiger partial charge in [0.25, 0.3) is 10.0 Å². The average Bonchev–Trinajstić information content (AvgIpc) is 2.60. The van der Waals surface area contributed by atoms with Crippen molar-refractivity contribution in [3.63, 3.8) is 0 Å². The summed E-state index contributed by atoms with van der Waals surface area (Å²) < 4.78 is 27.4. The molecule has 0 aliphatic heterocycles. The zero-order chi connectivity index (χ0) is 18.7. The smallest absolute Gasteiger partial charge is 0.263 e. The molecular formula is C19H18ClN3O2S. The monoisotopic (exact) mass is 387 g/mol. The fraction of sp³-hybridized carbons (Fsp3) is 0.105. The first-order valence-corrected chi connectivity index (χ1v) is 9.79. The van der Waals surface area contributed by atoms with E-state index in [9.17, 15) is 8.42 Å². The van der Waals surface area contributed by atoms with Gasteiger partial charge < -0.3 is 5.32 Å². The number of hydrogen-bond acceptors (Lipinski definition) is 4. The quantitative estimate of drug-likeness (QED) is 0.653. The van der Waals surface area contributed by atoms with E-state index < -0.39 is 10.0 Å². The molecule has 0 spiro atoms. The van der Waals surface area contributed by atoms with Gasteiger partial charge in [-0.15, -0.1) is 0 Å². The van der Waals surface area contributed by atoms with Crippen molar-refractivity contribution in [3.05, 3.63) is 76.9 Å². The van der Waals surface area contributed by atoms with E-state index in [-0.39, 0.29) is 9.92 Å². The standard InChI is InChI=1S/C19H18ClN3O2S/c1-13-6-5-8-17(14(13)2)22-19-11-10-15(12-21-19)23-26(24,25)18-9-4-3-7-16(18)20/h3-12,23H,1-2H3,(H,21,22). The molecule has 0 aliphatic carbocycles. The van der Waals surface area contributed by atoms with Gasteiger partial charge in [0, 0.05) is 5.69 Å². The van der Waals surface area contributed by atoms with Crippen LogP contribution in [0.5, 0.6) is 0 Å². The lowest BCUT2D eigenvalue weighted by Crippen LogP contribution is -2.13. The van der Waals surface area contributed by atoms with Gasteiger partial charge in [-0.2, -0.15) is 0 Å². The summed E-state index contributed by atoms with van der Waals surface area (Å²) in [5.41, 5.74) is 3.63. The molecule has 0 unspecified atom stereocenters. The maximum atomic E-state index is 12.4. The molecule has 0 saturated carbocycles. The van der Waals surface area contributed by atoms with E-state index in [0.29, 0.717) is 11.5 Å². The molecule has 2 N–H and O–H groups in total. The van der Waals surface area contributed by atoms with Crippen molar-refractivity contribution >= 4 is 38.8 Å². The number of pyridine rings is 1. The highest BCUT2D eigenvalue weighted by Crippen LogP contribution is 2.25. The minimum absolute atomic E-state index is 0.0271. The molecule has 0 fully saturated rings. The first-order valence-electron chi connectivity index (χ1n) is 7.93. The van der Waals surface area contributed by atoms with E-state index in [0.717, 1.165) is 11.3 Å². The molecule has 0 bridgehead atoms. The predicted octanol–water partition coefficient (Wildman–Crippen LogP) is 4.90. The molecule has 0 radical (unpaired) electrons. The Hall–Kier alpha value is -2.57. The first-order chi connectivity index (χ1) is 12.4. The second kappa shape index (κ2) is 7.35. The van der Waals surface area contributed by atoms with Gasteiger partial charge in [-0.05, 0) is 55.3 Å². The number of aryl methyl sites for hydroxylation is 1. The van der Waals surface area contributed by atoms with Crippen LogP contribution in [0.15, 0.2) is 65.7 Å². The average molecular weight is 388 g/mol. The van der Waals surface area contributed by atoms with Crippen LogP contribution in [0.3, 0.4) is 0 Å². The van der Waals surface area contributed by atoms with Crippen LogP contribution in [0.25, 0.3) is 0 Å². The van der Waals surface area contributed by atoms with Crippen molar-refractivity contribution in [2.75, 3.05) is 10.0 Å². The Morgan fingerprint density at radius 1 is 0.962 bits per heavy atom. The van der Waals surface area contributed by atoms with Crippen LogP contribution in [0.2, 0.25) is 5.02 Å². The maximum Gasteiger partial charge on any atom is 0.263 e. The molecule has 134 valence electrons. The van der Waals surface area contributed by atoms with Crippen molar-refractivity contribution in [2.45, 2.75) is 18.7 Å². The number of nitrogens with zero attached hydrogens (tertiary/aromatic N) is 1. The molecule has 5 nitrogen and oxygen atoms in total. The van der Waals surface area contributed by atoms with E-state index in [1.165, 1.54) is 23.9 Å². The second-order valence-corrected chi connectivity index (χ2v) is 7.90. The van der Waals surface area contributed by atoms with E-state index in [4.69, 9.17) is 11.6 Å². The Bertz CT molecular complexity index is 1030. The largest absolute Gasteiger partial charge is 0.340 e. The highest BCUT2D eigenvalue weighted by atomic mass is 35.5. The Labute approximate surface area is 158 Å². The lowest BCUT2D eigenvalue weighted by molar-refractivity contribution is 0.601. The number of anilines is 3. The van der Waals surface area contributed by atoms with Gasteiger partial charge >= 0.3 is 0 Å². The summed E-state index contributed by atoms with van der Waals surface area (Å²) in [6, 6.07) is 15.6. The Balaban J connectivity index is 1.78. The predicted molar refractivity (Wildman–Crippen MR) is 106 cm³/mol. The van der Waals surface area contributed by atoms with Crippen molar-refractivity contribution in [1.29, 1.82) is 0 Å². The molecule has 2 aromatic carbocycles. The van der Waals surface area contributed by atoms with Gasteiger partial charge in [0.15, 0.2) is 0 Å². The van der Waals surface area contributed by atoms with Crippen LogP contribution in [0.4, 0.5) is 17.2 Å². The van der Waals surface area contributed by atoms with Gasteiger partial charge in [0.1, 0.15) is 10.7 Å². The fourth-order valence-electron chi connectivity index (χ4n) is 2.43. The van der Waals surface area contributed by atoms with Crippen molar-refractivity contribution in [2.24, 2.45) is 0 Å². The molecule has 1 aromatic heterocycles. The molecule has 0 saturated heterocycles. The summed E-state index contributed by atoms with van der Waals surface area (Å²) in [5, 5.41) is 3.40. The topological polar surface area (TPSA) is 71.1 Å². The number of hydrogen-bond donors (Lipinski definition) is 2. The molecule has 26 heavy (non-hydrogen) atoms. The Morgan fingerprint density at radius 3 is 2.42 bits per heavy atom. The molecule has 1 heterocycles. The molecule has 0 aliphatic rings. The van der Waals surface area contributed by atoms with Crippen LogP contribution < -0.4 is 10.0 Å². The van der Waals surface area contributed by atoms with Gasteiger partial charge in [-0.3, -0.25) is 4.72 Å². The van der Waals surface area contributed by atoms with Crippen LogP contribution in [0.1, 0.15) is 11.1 Å². The lowest BCUT2D eigenvalue weighted by Gasteiger charge is -2.12. The molecule has 0 amide bonds. The number of benzene rings is 2. The highest BCUT2D eigenvalue weighted by molar-refractivity contribution is 7.92. The number of aromatic nitrogens is 1. The van der Waals surface area contributed by atoms with Crippen molar-refractivity contribution < 1.29 is 8.42 Å². The number of sulfonamides is 1. The second-order valence-electron chi connectivity index (χ2n) is 5.84. The summed E-state index contributed by atoms with van der Waals surface area (Å²) in [6.07, 6.45) is 1.46. The summed E-state index contributed by atoms with van der Waals surface area (Å²) in [7, 11) is -3.77. The number of rotatable bonds is 5. The summed E-state index contributed by atoms with van der Waals surface area (Å²) in [6.45, 7) is 4.07. The summed E-state index contributed by atoms with van der Waals surface area (Å²) in [4.78, 5) is 4.30. The van der Waals surface area contributed by atoms with Crippen LogP contribution in [-0.4, -0.2) is 13.4 Å². The highest BCUT2D eigenvalue weighted by Gasteiger charge is 2.17. The fourth-order valence-corrected chi connectivity index (χ4v) is 3.99. The summed E-state index contributed by atoms with van der Waals surface area (Å²) in [5.74, 6) is 0.624. The van der Waals surface area contributed by atoms with Gasteiger partial charge in [-0.25, -0.2) is 13.4 Å². The third kappa shape index (κ3) is 3.98. The van der Waals surface area contributed by atoms with E-state index in [1.54, 1.807) is 24.3 Å². The minimum atomic E-state index is -3.77. The van der Waals surface area contributed by atoms with Crippen molar-refractivity contribution in [1.82, 2.24) is 4.98 Å². The molecular weight excluding hydrogens is 370 g/mol.